The van der Waals surface area contributed by atoms with Crippen LogP contribution in [0.25, 0.3) is 0 Å². The van der Waals surface area contributed by atoms with Crippen LogP contribution < -0.4 is 5.32 Å². The van der Waals surface area contributed by atoms with Gasteiger partial charge in [0, 0.05) is 26.2 Å². The fourth-order valence-electron chi connectivity index (χ4n) is 1.66. The molecular weight excluding hydrogens is 208 g/mol. The third-order valence-corrected chi connectivity index (χ3v) is 2.63. The Bertz CT molecular complexity index is 211. The molecule has 1 saturated heterocycles. The van der Waals surface area contributed by atoms with Crippen LogP contribution in [0.15, 0.2) is 0 Å². The molecule has 94 valence electrons. The van der Waals surface area contributed by atoms with Crippen molar-refractivity contribution in [3.63, 3.8) is 0 Å². The van der Waals surface area contributed by atoms with Gasteiger partial charge < -0.3 is 14.8 Å². The van der Waals surface area contributed by atoms with Crippen molar-refractivity contribution in [2.24, 2.45) is 0 Å². The van der Waals surface area contributed by atoms with Crippen molar-refractivity contribution in [3.8, 4) is 0 Å². The van der Waals surface area contributed by atoms with E-state index >= 15 is 0 Å². The van der Waals surface area contributed by atoms with Crippen LogP contribution in [0.2, 0.25) is 0 Å². The van der Waals surface area contributed by atoms with Crippen LogP contribution in [0.5, 0.6) is 0 Å². The van der Waals surface area contributed by atoms with Gasteiger partial charge in [-0.05, 0) is 13.5 Å². The van der Waals surface area contributed by atoms with E-state index in [4.69, 9.17) is 9.47 Å². The third-order valence-electron chi connectivity index (χ3n) is 2.63. The molecule has 1 aliphatic rings. The molecule has 0 saturated carbocycles. The first-order valence-corrected chi connectivity index (χ1v) is 5.94. The Hall–Kier alpha value is -0.650. The standard InChI is InChI=1S/C11H22N2O3/c1-3-13-5-6-16-10(8-13)7-12-11(14)9-15-4-2/h10H,3-9H2,1-2H3,(H,12,14). The van der Waals surface area contributed by atoms with Crippen molar-refractivity contribution in [1.29, 1.82) is 0 Å². The molecule has 1 N–H and O–H groups in total. The lowest BCUT2D eigenvalue weighted by Gasteiger charge is -2.32. The summed E-state index contributed by atoms with van der Waals surface area (Å²) in [5.74, 6) is -0.0703. The van der Waals surface area contributed by atoms with Crippen LogP contribution in [0.3, 0.4) is 0 Å². The van der Waals surface area contributed by atoms with E-state index in [0.717, 1.165) is 26.2 Å². The fraction of sp³-hybridized carbons (Fsp3) is 0.909. The number of carbonyl (C=O) groups excluding carboxylic acids is 1. The normalized spacial score (nSPS) is 22.0. The second-order valence-electron chi connectivity index (χ2n) is 3.83. The van der Waals surface area contributed by atoms with Crippen molar-refractivity contribution in [3.05, 3.63) is 0 Å². The Kier molecular flexibility index (Phi) is 6.37. The minimum atomic E-state index is -0.0703. The van der Waals surface area contributed by atoms with E-state index in [1.54, 1.807) is 0 Å². The molecule has 1 amide bonds. The molecule has 1 fully saturated rings. The number of rotatable bonds is 6. The van der Waals surface area contributed by atoms with Gasteiger partial charge in [0.15, 0.2) is 0 Å². The average molecular weight is 230 g/mol. The van der Waals surface area contributed by atoms with E-state index < -0.39 is 0 Å². The van der Waals surface area contributed by atoms with Crippen LogP contribution in [0.1, 0.15) is 13.8 Å². The average Bonchev–Trinajstić information content (AvgIpc) is 2.34. The number of amides is 1. The number of carbonyl (C=O) groups is 1. The summed E-state index contributed by atoms with van der Waals surface area (Å²) in [7, 11) is 0. The molecule has 0 aliphatic carbocycles. The molecule has 1 heterocycles. The molecule has 1 unspecified atom stereocenters. The molecule has 0 radical (unpaired) electrons. The van der Waals surface area contributed by atoms with E-state index in [2.05, 4.69) is 17.1 Å². The topological polar surface area (TPSA) is 50.8 Å². The van der Waals surface area contributed by atoms with E-state index in [1.165, 1.54) is 0 Å². The highest BCUT2D eigenvalue weighted by atomic mass is 16.5. The lowest BCUT2D eigenvalue weighted by atomic mass is 10.2. The van der Waals surface area contributed by atoms with Gasteiger partial charge in [0.1, 0.15) is 6.61 Å². The highest BCUT2D eigenvalue weighted by molar-refractivity contribution is 5.77. The Morgan fingerprint density at radius 2 is 2.38 bits per heavy atom. The van der Waals surface area contributed by atoms with Gasteiger partial charge in [-0.15, -0.1) is 0 Å². The number of ether oxygens (including phenoxy) is 2. The van der Waals surface area contributed by atoms with Gasteiger partial charge in [-0.1, -0.05) is 6.92 Å². The van der Waals surface area contributed by atoms with E-state index in [0.29, 0.717) is 13.2 Å². The predicted molar refractivity (Wildman–Crippen MR) is 61.4 cm³/mol. The minimum absolute atomic E-state index is 0.0703. The summed E-state index contributed by atoms with van der Waals surface area (Å²) < 4.78 is 10.6. The maximum atomic E-state index is 11.3. The summed E-state index contributed by atoms with van der Waals surface area (Å²) in [6.07, 6.45) is 0.110. The Labute approximate surface area is 97.1 Å². The quantitative estimate of drug-likeness (QED) is 0.690. The van der Waals surface area contributed by atoms with Crippen molar-refractivity contribution in [1.82, 2.24) is 10.2 Å². The lowest BCUT2D eigenvalue weighted by Crippen LogP contribution is -2.47. The number of morpholine rings is 1. The zero-order chi connectivity index (χ0) is 11.8. The molecular formula is C11H22N2O3. The number of likely N-dealkylation sites (N-methyl/N-ethyl adjacent to an activating group) is 1. The summed E-state index contributed by atoms with van der Waals surface area (Å²) in [4.78, 5) is 13.6. The van der Waals surface area contributed by atoms with Crippen molar-refractivity contribution in [2.45, 2.75) is 20.0 Å². The van der Waals surface area contributed by atoms with E-state index in [1.807, 2.05) is 6.92 Å². The minimum Gasteiger partial charge on any atom is -0.374 e. The van der Waals surface area contributed by atoms with Gasteiger partial charge in [-0.2, -0.15) is 0 Å². The van der Waals surface area contributed by atoms with Gasteiger partial charge in [0.2, 0.25) is 5.91 Å². The first-order chi connectivity index (χ1) is 7.76. The van der Waals surface area contributed by atoms with E-state index in [9.17, 15) is 4.79 Å². The predicted octanol–water partition coefficient (Wildman–Crippen LogP) is -0.140. The summed E-state index contributed by atoms with van der Waals surface area (Å²) >= 11 is 0. The number of nitrogens with one attached hydrogen (secondary N) is 1. The Morgan fingerprint density at radius 1 is 1.56 bits per heavy atom. The summed E-state index contributed by atoms with van der Waals surface area (Å²) in [6.45, 7) is 8.95. The first kappa shape index (κ1) is 13.4. The summed E-state index contributed by atoms with van der Waals surface area (Å²) in [6, 6.07) is 0. The lowest BCUT2D eigenvalue weighted by molar-refractivity contribution is -0.126. The molecule has 0 spiro atoms. The Balaban J connectivity index is 2.14. The maximum Gasteiger partial charge on any atom is 0.246 e. The third kappa shape index (κ3) is 4.92. The van der Waals surface area contributed by atoms with E-state index in [-0.39, 0.29) is 18.6 Å². The van der Waals surface area contributed by atoms with Crippen LogP contribution >= 0.6 is 0 Å². The molecule has 5 heteroatoms. The Morgan fingerprint density at radius 3 is 3.06 bits per heavy atom. The molecule has 1 atom stereocenters. The molecule has 0 aromatic carbocycles. The zero-order valence-electron chi connectivity index (χ0n) is 10.2. The highest BCUT2D eigenvalue weighted by Crippen LogP contribution is 2.03. The van der Waals surface area contributed by atoms with Gasteiger partial charge in [0.25, 0.3) is 0 Å². The van der Waals surface area contributed by atoms with Crippen molar-refractivity contribution < 1.29 is 14.3 Å². The van der Waals surface area contributed by atoms with Crippen LogP contribution in [-0.2, 0) is 14.3 Å². The SMILES string of the molecule is CCOCC(=O)NCC1CN(CC)CCO1. The largest absolute Gasteiger partial charge is 0.374 e. The van der Waals surface area contributed by atoms with Crippen molar-refractivity contribution in [2.75, 3.05) is 46.0 Å². The molecule has 5 nitrogen and oxygen atoms in total. The number of nitrogens with zero attached hydrogens (tertiary/aromatic N) is 1. The highest BCUT2D eigenvalue weighted by Gasteiger charge is 2.19. The molecule has 1 rings (SSSR count). The van der Waals surface area contributed by atoms with Crippen LogP contribution in [0.4, 0.5) is 0 Å². The molecule has 16 heavy (non-hydrogen) atoms. The molecule has 0 bridgehead atoms. The summed E-state index contributed by atoms with van der Waals surface area (Å²) in [5, 5.41) is 2.82. The van der Waals surface area contributed by atoms with Gasteiger partial charge in [0.05, 0.1) is 12.7 Å². The van der Waals surface area contributed by atoms with Gasteiger partial charge >= 0.3 is 0 Å². The maximum absolute atomic E-state index is 11.3. The van der Waals surface area contributed by atoms with Gasteiger partial charge in [-0.25, -0.2) is 0 Å². The van der Waals surface area contributed by atoms with Gasteiger partial charge in [-0.3, -0.25) is 9.69 Å². The number of hydrogen-bond acceptors (Lipinski definition) is 4. The monoisotopic (exact) mass is 230 g/mol. The number of hydrogen-bond donors (Lipinski definition) is 1. The molecule has 0 aromatic rings. The second-order valence-corrected chi connectivity index (χ2v) is 3.83. The smallest absolute Gasteiger partial charge is 0.246 e. The zero-order valence-corrected chi connectivity index (χ0v) is 10.2. The van der Waals surface area contributed by atoms with Crippen molar-refractivity contribution >= 4 is 5.91 Å². The molecule has 0 aromatic heterocycles. The first-order valence-electron chi connectivity index (χ1n) is 5.94. The van der Waals surface area contributed by atoms with Crippen LogP contribution in [0, 0.1) is 0 Å². The van der Waals surface area contributed by atoms with Crippen LogP contribution in [-0.4, -0.2) is 62.9 Å². The molecule has 1 aliphatic heterocycles. The fourth-order valence-corrected chi connectivity index (χ4v) is 1.66. The second kappa shape index (κ2) is 7.60. The summed E-state index contributed by atoms with van der Waals surface area (Å²) in [5.41, 5.74) is 0.